The summed E-state index contributed by atoms with van der Waals surface area (Å²) in [6, 6.07) is 4.24. The van der Waals surface area contributed by atoms with Crippen molar-refractivity contribution in [1.82, 2.24) is 0 Å². The van der Waals surface area contributed by atoms with Crippen LogP contribution in [0.2, 0.25) is 0 Å². The second-order valence-electron chi connectivity index (χ2n) is 2.27. The van der Waals surface area contributed by atoms with Crippen LogP contribution in [0.3, 0.4) is 0 Å². The number of halogens is 3. The molecule has 0 unspecified atom stereocenters. The fourth-order valence-corrected chi connectivity index (χ4v) is 1.26. The molecule has 0 heterocycles. The van der Waals surface area contributed by atoms with Gasteiger partial charge < -0.3 is 4.74 Å². The van der Waals surface area contributed by atoms with Crippen LogP contribution >= 0.6 is 27.5 Å². The van der Waals surface area contributed by atoms with E-state index in [0.717, 1.165) is 0 Å². The topological polar surface area (TPSA) is 38.3 Å². The SMILES string of the molecule is O=C(Nc1cccc(Br)c1F)OCCl. The van der Waals surface area contributed by atoms with Crippen molar-refractivity contribution < 1.29 is 13.9 Å². The van der Waals surface area contributed by atoms with Crippen LogP contribution in [0.5, 0.6) is 0 Å². The van der Waals surface area contributed by atoms with E-state index in [1.807, 2.05) is 0 Å². The molecule has 1 aromatic carbocycles. The van der Waals surface area contributed by atoms with Gasteiger partial charge in [0.15, 0.2) is 11.9 Å². The third-order valence-electron chi connectivity index (χ3n) is 1.37. The Balaban J connectivity index is 2.76. The van der Waals surface area contributed by atoms with E-state index < -0.39 is 11.9 Å². The highest BCUT2D eigenvalue weighted by atomic mass is 79.9. The standard InChI is InChI=1S/C8H6BrClFNO2/c9-5-2-1-3-6(7(5)11)12-8(13)14-4-10/h1-3H,4H2,(H,12,13). The first kappa shape index (κ1) is 11.3. The molecular weight excluding hydrogens is 276 g/mol. The smallest absolute Gasteiger partial charge is 0.412 e. The zero-order valence-corrected chi connectivity index (χ0v) is 9.23. The van der Waals surface area contributed by atoms with Gasteiger partial charge in [-0.15, -0.1) is 0 Å². The van der Waals surface area contributed by atoms with Gasteiger partial charge in [-0.1, -0.05) is 17.7 Å². The summed E-state index contributed by atoms with van der Waals surface area (Å²) in [5, 5.41) is 2.20. The Bertz CT molecular complexity index is 348. The molecule has 0 aliphatic rings. The van der Waals surface area contributed by atoms with Gasteiger partial charge >= 0.3 is 6.09 Å². The summed E-state index contributed by atoms with van der Waals surface area (Å²) in [5.41, 5.74) is 0.0366. The van der Waals surface area contributed by atoms with Crippen molar-refractivity contribution >= 4 is 39.3 Å². The second-order valence-corrected chi connectivity index (χ2v) is 3.34. The van der Waals surface area contributed by atoms with E-state index in [-0.39, 0.29) is 16.2 Å². The number of carbonyl (C=O) groups is 1. The molecule has 3 nitrogen and oxygen atoms in total. The lowest BCUT2D eigenvalue weighted by Gasteiger charge is -2.06. The number of alkyl halides is 1. The lowest BCUT2D eigenvalue weighted by Crippen LogP contribution is -2.13. The van der Waals surface area contributed by atoms with Crippen molar-refractivity contribution in [1.29, 1.82) is 0 Å². The van der Waals surface area contributed by atoms with E-state index in [4.69, 9.17) is 11.6 Å². The average Bonchev–Trinajstić information content (AvgIpc) is 2.13. The lowest BCUT2D eigenvalue weighted by atomic mass is 10.3. The molecule has 76 valence electrons. The van der Waals surface area contributed by atoms with Gasteiger partial charge in [-0.2, -0.15) is 0 Å². The summed E-state index contributed by atoms with van der Waals surface area (Å²) < 4.78 is 17.9. The van der Waals surface area contributed by atoms with Crippen LogP contribution in [-0.4, -0.2) is 12.2 Å². The normalized spacial score (nSPS) is 9.64. The van der Waals surface area contributed by atoms with Gasteiger partial charge in [-0.05, 0) is 28.1 Å². The van der Waals surface area contributed by atoms with Crippen LogP contribution in [0, 0.1) is 5.82 Å². The van der Waals surface area contributed by atoms with Crippen molar-refractivity contribution in [2.75, 3.05) is 11.4 Å². The molecular formula is C8H6BrClFNO2. The second kappa shape index (κ2) is 5.17. The maximum Gasteiger partial charge on any atom is 0.412 e. The van der Waals surface area contributed by atoms with Crippen molar-refractivity contribution in [3.05, 3.63) is 28.5 Å². The Morgan fingerprint density at radius 3 is 3.00 bits per heavy atom. The van der Waals surface area contributed by atoms with E-state index in [0.29, 0.717) is 0 Å². The highest BCUT2D eigenvalue weighted by Gasteiger charge is 2.09. The molecule has 0 bridgehead atoms. The highest BCUT2D eigenvalue weighted by molar-refractivity contribution is 9.10. The molecule has 6 heteroatoms. The Hall–Kier alpha value is -0.810. The van der Waals surface area contributed by atoms with Crippen LogP contribution in [-0.2, 0) is 4.74 Å². The van der Waals surface area contributed by atoms with Crippen molar-refractivity contribution in [3.63, 3.8) is 0 Å². The van der Waals surface area contributed by atoms with Crippen molar-refractivity contribution in [3.8, 4) is 0 Å². The summed E-state index contributed by atoms with van der Waals surface area (Å²) in [7, 11) is 0. The number of carbonyl (C=O) groups excluding carboxylic acids is 1. The lowest BCUT2D eigenvalue weighted by molar-refractivity contribution is 0.180. The monoisotopic (exact) mass is 281 g/mol. The third kappa shape index (κ3) is 2.85. The molecule has 0 saturated carbocycles. The molecule has 0 atom stereocenters. The predicted octanol–water partition coefficient (Wildman–Crippen LogP) is 3.33. The summed E-state index contributed by atoms with van der Waals surface area (Å²) in [5.74, 6) is -0.556. The predicted molar refractivity (Wildman–Crippen MR) is 54.9 cm³/mol. The summed E-state index contributed by atoms with van der Waals surface area (Å²) in [6.07, 6.45) is -0.794. The average molecular weight is 282 g/mol. The van der Waals surface area contributed by atoms with Crippen LogP contribution in [0.4, 0.5) is 14.9 Å². The molecule has 0 aliphatic carbocycles. The molecule has 0 aromatic heterocycles. The molecule has 0 fully saturated rings. The number of nitrogens with one attached hydrogen (secondary N) is 1. The number of hydrogen-bond donors (Lipinski definition) is 1. The quantitative estimate of drug-likeness (QED) is 0.845. The first-order valence-electron chi connectivity index (χ1n) is 3.59. The van der Waals surface area contributed by atoms with E-state index in [2.05, 4.69) is 26.0 Å². The van der Waals surface area contributed by atoms with Crippen LogP contribution < -0.4 is 5.32 Å². The van der Waals surface area contributed by atoms with Crippen LogP contribution in [0.15, 0.2) is 22.7 Å². The van der Waals surface area contributed by atoms with Gasteiger partial charge in [-0.25, -0.2) is 9.18 Å². The number of anilines is 1. The molecule has 1 amide bonds. The van der Waals surface area contributed by atoms with Gasteiger partial charge in [0, 0.05) is 0 Å². The number of benzene rings is 1. The molecule has 0 radical (unpaired) electrons. The fraction of sp³-hybridized carbons (Fsp3) is 0.125. The van der Waals surface area contributed by atoms with Crippen LogP contribution in [0.25, 0.3) is 0 Å². The van der Waals surface area contributed by atoms with Crippen molar-refractivity contribution in [2.24, 2.45) is 0 Å². The number of amides is 1. The minimum atomic E-state index is -0.794. The fourth-order valence-electron chi connectivity index (χ4n) is 0.796. The Kier molecular flexibility index (Phi) is 4.16. The summed E-state index contributed by atoms with van der Waals surface area (Å²) in [4.78, 5) is 10.9. The van der Waals surface area contributed by atoms with E-state index in [1.54, 1.807) is 6.07 Å². The molecule has 1 rings (SSSR count). The van der Waals surface area contributed by atoms with Gasteiger partial charge in [0.2, 0.25) is 0 Å². The summed E-state index contributed by atoms with van der Waals surface area (Å²) in [6.45, 7) is 0. The molecule has 0 spiro atoms. The largest absolute Gasteiger partial charge is 0.433 e. The zero-order chi connectivity index (χ0) is 10.6. The van der Waals surface area contributed by atoms with E-state index >= 15 is 0 Å². The highest BCUT2D eigenvalue weighted by Crippen LogP contribution is 2.22. The number of ether oxygens (including phenoxy) is 1. The van der Waals surface area contributed by atoms with Crippen molar-refractivity contribution in [2.45, 2.75) is 0 Å². The van der Waals surface area contributed by atoms with E-state index in [9.17, 15) is 9.18 Å². The first-order valence-corrected chi connectivity index (χ1v) is 4.91. The van der Waals surface area contributed by atoms with Gasteiger partial charge in [0.1, 0.15) is 0 Å². The maximum absolute atomic E-state index is 13.3. The first-order chi connectivity index (χ1) is 6.65. The molecule has 1 aromatic rings. The molecule has 0 saturated heterocycles. The maximum atomic E-state index is 13.3. The minimum Gasteiger partial charge on any atom is -0.433 e. The molecule has 0 aliphatic heterocycles. The Morgan fingerprint density at radius 1 is 1.64 bits per heavy atom. The van der Waals surface area contributed by atoms with Crippen LogP contribution in [0.1, 0.15) is 0 Å². The Morgan fingerprint density at radius 2 is 2.36 bits per heavy atom. The number of hydrogen-bond acceptors (Lipinski definition) is 2. The third-order valence-corrected chi connectivity index (χ3v) is 2.10. The molecule has 14 heavy (non-hydrogen) atoms. The van der Waals surface area contributed by atoms with Gasteiger partial charge in [0.25, 0.3) is 0 Å². The zero-order valence-electron chi connectivity index (χ0n) is 6.89. The Labute approximate surface area is 93.3 Å². The minimum absolute atomic E-state index is 0.0366. The molecule has 1 N–H and O–H groups in total. The number of rotatable bonds is 2. The summed E-state index contributed by atoms with van der Waals surface area (Å²) >= 11 is 8.13. The van der Waals surface area contributed by atoms with E-state index in [1.165, 1.54) is 12.1 Å². The van der Waals surface area contributed by atoms with Gasteiger partial charge in [0.05, 0.1) is 10.2 Å². The van der Waals surface area contributed by atoms with Gasteiger partial charge in [-0.3, -0.25) is 5.32 Å².